The number of aromatic carboxylic acids is 1. The molecule has 0 saturated heterocycles. The average molecular weight is 262 g/mol. The lowest BCUT2D eigenvalue weighted by atomic mass is 10.1. The van der Waals surface area contributed by atoms with E-state index < -0.39 is 5.97 Å². The molecule has 1 N–H and O–H groups in total. The third-order valence-electron chi connectivity index (χ3n) is 2.71. The third kappa shape index (κ3) is 2.35. The number of carboxylic acids is 1. The molecule has 0 atom stereocenters. The summed E-state index contributed by atoms with van der Waals surface area (Å²) in [6, 6.07) is 5.65. The summed E-state index contributed by atoms with van der Waals surface area (Å²) in [5.41, 5.74) is 1.03. The normalized spacial score (nSPS) is 12.6. The Bertz CT molecular complexity index is 622. The van der Waals surface area contributed by atoms with E-state index in [-0.39, 0.29) is 12.7 Å². The van der Waals surface area contributed by atoms with E-state index in [2.05, 4.69) is 10.2 Å². The molecule has 0 bridgehead atoms. The van der Waals surface area contributed by atoms with Gasteiger partial charge in [-0.2, -0.15) is 0 Å². The Balaban J connectivity index is 1.67. The van der Waals surface area contributed by atoms with Crippen molar-refractivity contribution < 1.29 is 23.8 Å². The highest BCUT2D eigenvalue weighted by molar-refractivity contribution is 5.81. The maximum atomic E-state index is 10.6. The second kappa shape index (κ2) is 4.60. The molecule has 0 aliphatic carbocycles. The molecular weight excluding hydrogens is 252 g/mol. The molecule has 7 nitrogen and oxygen atoms in total. The Morgan fingerprint density at radius 3 is 2.84 bits per heavy atom. The molecule has 2 heterocycles. The Morgan fingerprint density at radius 2 is 2.05 bits per heavy atom. The van der Waals surface area contributed by atoms with Crippen molar-refractivity contribution in [2.45, 2.75) is 12.8 Å². The summed E-state index contributed by atoms with van der Waals surface area (Å²) in [5.74, 6) is 0.140. The van der Waals surface area contributed by atoms with E-state index >= 15 is 0 Å². The first-order chi connectivity index (χ1) is 9.22. The Kier molecular flexibility index (Phi) is 2.79. The maximum absolute atomic E-state index is 10.6. The van der Waals surface area contributed by atoms with Gasteiger partial charge in [-0.3, -0.25) is 0 Å². The van der Waals surface area contributed by atoms with Gasteiger partial charge in [0.1, 0.15) is 0 Å². The van der Waals surface area contributed by atoms with Crippen LogP contribution < -0.4 is 9.47 Å². The number of carbonyl (C=O) groups is 1. The zero-order chi connectivity index (χ0) is 13.2. The second-order valence-electron chi connectivity index (χ2n) is 3.99. The van der Waals surface area contributed by atoms with Gasteiger partial charge in [0.15, 0.2) is 11.5 Å². The molecule has 0 unspecified atom stereocenters. The number of hydrogen-bond donors (Lipinski definition) is 1. The van der Waals surface area contributed by atoms with Crippen molar-refractivity contribution in [1.82, 2.24) is 10.2 Å². The van der Waals surface area contributed by atoms with Gasteiger partial charge >= 0.3 is 11.9 Å². The van der Waals surface area contributed by atoms with E-state index in [9.17, 15) is 4.79 Å². The molecule has 0 radical (unpaired) electrons. The Labute approximate surface area is 107 Å². The predicted octanol–water partition coefficient (Wildman–Crippen LogP) is 1.28. The summed E-state index contributed by atoms with van der Waals surface area (Å²) in [5, 5.41) is 15.8. The topological polar surface area (TPSA) is 94.7 Å². The quantitative estimate of drug-likeness (QED) is 0.886. The molecule has 3 rings (SSSR count). The Hall–Kier alpha value is -2.57. The van der Waals surface area contributed by atoms with Crippen LogP contribution in [0.2, 0.25) is 0 Å². The lowest BCUT2D eigenvalue weighted by molar-refractivity contribution is 0.0651. The van der Waals surface area contributed by atoms with Crippen LogP contribution in [0.1, 0.15) is 22.1 Å². The van der Waals surface area contributed by atoms with Gasteiger partial charge in [0.2, 0.25) is 12.7 Å². The van der Waals surface area contributed by atoms with Crippen LogP contribution in [0.25, 0.3) is 0 Å². The van der Waals surface area contributed by atoms with E-state index in [1.165, 1.54) is 0 Å². The van der Waals surface area contributed by atoms with Crippen molar-refractivity contribution in [2.75, 3.05) is 6.79 Å². The molecule has 98 valence electrons. The van der Waals surface area contributed by atoms with Crippen LogP contribution in [0.4, 0.5) is 0 Å². The fourth-order valence-corrected chi connectivity index (χ4v) is 1.79. The van der Waals surface area contributed by atoms with Crippen LogP contribution in [0, 0.1) is 0 Å². The van der Waals surface area contributed by atoms with Crippen LogP contribution in [0.15, 0.2) is 22.6 Å². The number of ether oxygens (including phenoxy) is 2. The second-order valence-corrected chi connectivity index (χ2v) is 3.99. The van der Waals surface area contributed by atoms with Crippen molar-refractivity contribution in [3.05, 3.63) is 35.5 Å². The molecule has 1 aliphatic heterocycles. The van der Waals surface area contributed by atoms with Crippen molar-refractivity contribution in [3.8, 4) is 11.5 Å². The standard InChI is InChI=1S/C12H10N2O5/c15-12(16)11-14-13-10(19-11)4-2-7-1-3-8-9(5-7)18-6-17-8/h1,3,5H,2,4,6H2,(H,15,16). The van der Waals surface area contributed by atoms with E-state index in [0.29, 0.717) is 24.5 Å². The third-order valence-corrected chi connectivity index (χ3v) is 2.71. The van der Waals surface area contributed by atoms with E-state index in [4.69, 9.17) is 19.0 Å². The summed E-state index contributed by atoms with van der Waals surface area (Å²) in [4.78, 5) is 10.6. The fraction of sp³-hybridized carbons (Fsp3) is 0.250. The van der Waals surface area contributed by atoms with Gasteiger partial charge in [-0.15, -0.1) is 10.2 Å². The molecular formula is C12H10N2O5. The molecule has 7 heteroatoms. The summed E-state index contributed by atoms with van der Waals surface area (Å²) in [6.07, 6.45) is 1.12. The van der Waals surface area contributed by atoms with Gasteiger partial charge < -0.3 is 19.0 Å². The molecule has 1 aromatic carbocycles. The van der Waals surface area contributed by atoms with E-state index in [1.54, 1.807) is 0 Å². The molecule has 0 amide bonds. The summed E-state index contributed by atoms with van der Waals surface area (Å²) in [7, 11) is 0. The van der Waals surface area contributed by atoms with Crippen LogP contribution in [0.3, 0.4) is 0 Å². The largest absolute Gasteiger partial charge is 0.474 e. The highest BCUT2D eigenvalue weighted by atomic mass is 16.7. The molecule has 19 heavy (non-hydrogen) atoms. The number of aryl methyl sites for hydroxylation is 2. The summed E-state index contributed by atoms with van der Waals surface area (Å²) < 4.78 is 15.5. The van der Waals surface area contributed by atoms with E-state index in [1.807, 2.05) is 18.2 Å². The van der Waals surface area contributed by atoms with E-state index in [0.717, 1.165) is 11.3 Å². The van der Waals surface area contributed by atoms with Crippen molar-refractivity contribution in [3.63, 3.8) is 0 Å². The SMILES string of the molecule is O=C(O)c1nnc(CCc2ccc3c(c2)OCO3)o1. The number of carboxylic acid groups (broad SMARTS) is 1. The molecule has 1 aliphatic rings. The number of hydrogen-bond acceptors (Lipinski definition) is 6. The minimum atomic E-state index is -1.22. The number of aromatic nitrogens is 2. The fourth-order valence-electron chi connectivity index (χ4n) is 1.79. The van der Waals surface area contributed by atoms with Crippen molar-refractivity contribution in [1.29, 1.82) is 0 Å². The minimum Gasteiger partial charge on any atom is -0.474 e. The molecule has 0 fully saturated rings. The first-order valence-electron chi connectivity index (χ1n) is 5.66. The van der Waals surface area contributed by atoms with Gasteiger partial charge in [0.05, 0.1) is 0 Å². The van der Waals surface area contributed by atoms with Crippen molar-refractivity contribution >= 4 is 5.97 Å². The highest BCUT2D eigenvalue weighted by Crippen LogP contribution is 2.32. The zero-order valence-corrected chi connectivity index (χ0v) is 9.83. The van der Waals surface area contributed by atoms with Crippen LogP contribution in [0.5, 0.6) is 11.5 Å². The smallest absolute Gasteiger partial charge is 0.393 e. The van der Waals surface area contributed by atoms with Crippen LogP contribution in [-0.4, -0.2) is 28.1 Å². The van der Waals surface area contributed by atoms with Crippen LogP contribution in [-0.2, 0) is 12.8 Å². The van der Waals surface area contributed by atoms with Gasteiger partial charge in [-0.1, -0.05) is 6.07 Å². The minimum absolute atomic E-state index is 0.240. The molecule has 2 aromatic rings. The highest BCUT2D eigenvalue weighted by Gasteiger charge is 2.15. The molecule has 1 aromatic heterocycles. The molecule has 0 spiro atoms. The van der Waals surface area contributed by atoms with Crippen LogP contribution >= 0.6 is 0 Å². The van der Waals surface area contributed by atoms with Gasteiger partial charge in [0, 0.05) is 6.42 Å². The lowest BCUT2D eigenvalue weighted by Gasteiger charge is -2.00. The number of benzene rings is 1. The van der Waals surface area contributed by atoms with Gasteiger partial charge in [0.25, 0.3) is 0 Å². The first kappa shape index (κ1) is 11.5. The van der Waals surface area contributed by atoms with Gasteiger partial charge in [-0.05, 0) is 24.1 Å². The first-order valence-corrected chi connectivity index (χ1v) is 5.66. The zero-order valence-electron chi connectivity index (χ0n) is 9.83. The average Bonchev–Trinajstić information content (AvgIpc) is 3.04. The number of rotatable bonds is 4. The number of nitrogens with zero attached hydrogens (tertiary/aromatic N) is 2. The van der Waals surface area contributed by atoms with Gasteiger partial charge in [-0.25, -0.2) is 4.79 Å². The summed E-state index contributed by atoms with van der Waals surface area (Å²) in [6.45, 7) is 0.240. The summed E-state index contributed by atoms with van der Waals surface area (Å²) >= 11 is 0. The molecule has 0 saturated carbocycles. The monoisotopic (exact) mass is 262 g/mol. The lowest BCUT2D eigenvalue weighted by Crippen LogP contribution is -1.95. The predicted molar refractivity (Wildman–Crippen MR) is 61.2 cm³/mol. The Morgan fingerprint density at radius 1 is 1.21 bits per heavy atom. The number of fused-ring (bicyclic) bond motifs is 1. The maximum Gasteiger partial charge on any atom is 0.393 e. The van der Waals surface area contributed by atoms with Crippen molar-refractivity contribution in [2.24, 2.45) is 0 Å².